The molecule has 0 aromatic rings. The molecule has 1 saturated heterocycles. The normalized spacial score (nSPS) is 23.9. The Balaban J connectivity index is 2.60. The number of piperidine rings is 1. The number of ether oxygens (including phenoxy) is 1. The van der Waals surface area contributed by atoms with Gasteiger partial charge in [0.1, 0.15) is 0 Å². The van der Waals surface area contributed by atoms with Gasteiger partial charge in [0.25, 0.3) is 0 Å². The Morgan fingerprint density at radius 2 is 2.20 bits per heavy atom. The van der Waals surface area contributed by atoms with E-state index in [-0.39, 0.29) is 24.5 Å². The highest BCUT2D eigenvalue weighted by Crippen LogP contribution is 2.33. The topological polar surface area (TPSA) is 95.9 Å². The van der Waals surface area contributed by atoms with Gasteiger partial charge in [-0.3, -0.25) is 4.79 Å². The van der Waals surface area contributed by atoms with Gasteiger partial charge in [0.05, 0.1) is 19.4 Å². The fourth-order valence-corrected chi connectivity index (χ4v) is 2.84. The van der Waals surface area contributed by atoms with E-state index in [2.05, 4.69) is 4.72 Å². The first-order valence-corrected chi connectivity index (χ1v) is 8.53. The summed E-state index contributed by atoms with van der Waals surface area (Å²) in [5.41, 5.74) is -0.338. The van der Waals surface area contributed by atoms with E-state index in [0.717, 1.165) is 19.1 Å². The van der Waals surface area contributed by atoms with Gasteiger partial charge in [-0.1, -0.05) is 0 Å². The van der Waals surface area contributed by atoms with Crippen molar-refractivity contribution in [3.63, 3.8) is 0 Å². The largest absolute Gasteiger partial charge is 0.396 e. The minimum Gasteiger partial charge on any atom is -0.396 e. The van der Waals surface area contributed by atoms with Gasteiger partial charge in [0.2, 0.25) is 15.9 Å². The first-order chi connectivity index (χ1) is 9.32. The molecule has 0 unspecified atom stereocenters. The van der Waals surface area contributed by atoms with Crippen LogP contribution in [0.2, 0.25) is 0 Å². The van der Waals surface area contributed by atoms with Crippen LogP contribution in [0, 0.1) is 5.41 Å². The molecule has 0 bridgehead atoms. The molecule has 0 spiro atoms. The number of aliphatic hydroxyl groups is 1. The average Bonchev–Trinajstić information content (AvgIpc) is 2.42. The van der Waals surface area contributed by atoms with Gasteiger partial charge < -0.3 is 14.7 Å². The zero-order chi connectivity index (χ0) is 15.2. The zero-order valence-electron chi connectivity index (χ0n) is 12.1. The molecule has 1 amide bonds. The second-order valence-corrected chi connectivity index (χ2v) is 7.25. The predicted molar refractivity (Wildman–Crippen MR) is 74.7 cm³/mol. The molecule has 118 valence electrons. The van der Waals surface area contributed by atoms with E-state index in [4.69, 9.17) is 4.74 Å². The summed E-state index contributed by atoms with van der Waals surface area (Å²) in [6.07, 6.45) is 3.35. The second kappa shape index (κ2) is 7.35. The summed E-state index contributed by atoms with van der Waals surface area (Å²) >= 11 is 0. The summed E-state index contributed by atoms with van der Waals surface area (Å²) in [6, 6.07) is 0. The van der Waals surface area contributed by atoms with Crippen LogP contribution in [-0.4, -0.2) is 70.5 Å². The SMILES string of the molecule is COCC[C@@]1(CO)CCCN(C(=O)CNS(C)(=O)=O)C1. The fraction of sp³-hybridized carbons (Fsp3) is 0.917. The maximum absolute atomic E-state index is 12.0. The van der Waals surface area contributed by atoms with E-state index in [1.165, 1.54) is 0 Å². The number of carbonyl (C=O) groups is 1. The van der Waals surface area contributed by atoms with Crippen molar-refractivity contribution in [3.8, 4) is 0 Å². The maximum Gasteiger partial charge on any atom is 0.237 e. The summed E-state index contributed by atoms with van der Waals surface area (Å²) in [7, 11) is -1.77. The monoisotopic (exact) mass is 308 g/mol. The average molecular weight is 308 g/mol. The molecule has 1 rings (SSSR count). The Labute approximate surface area is 120 Å². The highest BCUT2D eigenvalue weighted by atomic mass is 32.2. The third-order valence-electron chi connectivity index (χ3n) is 3.67. The number of aliphatic hydroxyl groups excluding tert-OH is 1. The van der Waals surface area contributed by atoms with Crippen LogP contribution >= 0.6 is 0 Å². The Hall–Kier alpha value is -0.700. The van der Waals surface area contributed by atoms with Gasteiger partial charge in [-0.15, -0.1) is 0 Å². The summed E-state index contributed by atoms with van der Waals surface area (Å²) in [5, 5.41) is 9.62. The molecule has 1 atom stereocenters. The van der Waals surface area contributed by atoms with E-state index in [1.807, 2.05) is 0 Å². The molecule has 20 heavy (non-hydrogen) atoms. The van der Waals surface area contributed by atoms with Crippen molar-refractivity contribution in [1.29, 1.82) is 0 Å². The predicted octanol–water partition coefficient (Wildman–Crippen LogP) is -0.827. The van der Waals surface area contributed by atoms with Crippen LogP contribution in [0.1, 0.15) is 19.3 Å². The molecule has 1 heterocycles. The number of nitrogens with one attached hydrogen (secondary N) is 1. The quantitative estimate of drug-likeness (QED) is 0.640. The zero-order valence-corrected chi connectivity index (χ0v) is 12.9. The van der Waals surface area contributed by atoms with Crippen LogP contribution in [0.15, 0.2) is 0 Å². The number of amides is 1. The Morgan fingerprint density at radius 1 is 1.50 bits per heavy atom. The van der Waals surface area contributed by atoms with Gasteiger partial charge in [-0.2, -0.15) is 0 Å². The van der Waals surface area contributed by atoms with Crippen molar-refractivity contribution in [1.82, 2.24) is 9.62 Å². The van der Waals surface area contributed by atoms with Crippen molar-refractivity contribution in [2.45, 2.75) is 19.3 Å². The summed E-state index contributed by atoms with van der Waals surface area (Å²) < 4.78 is 29.3. The maximum atomic E-state index is 12.0. The minimum absolute atomic E-state index is 0.000352. The lowest BCUT2D eigenvalue weighted by atomic mass is 9.78. The van der Waals surface area contributed by atoms with Crippen molar-refractivity contribution >= 4 is 15.9 Å². The van der Waals surface area contributed by atoms with Crippen LogP contribution in [-0.2, 0) is 19.6 Å². The molecule has 0 saturated carbocycles. The molecular weight excluding hydrogens is 284 g/mol. The summed E-state index contributed by atoms with van der Waals surface area (Å²) in [5.74, 6) is -0.259. The number of hydrogen-bond acceptors (Lipinski definition) is 5. The van der Waals surface area contributed by atoms with Gasteiger partial charge in [0, 0.05) is 32.2 Å². The molecule has 0 aromatic heterocycles. The Morgan fingerprint density at radius 3 is 2.75 bits per heavy atom. The minimum atomic E-state index is -3.37. The van der Waals surface area contributed by atoms with Crippen LogP contribution in [0.25, 0.3) is 0 Å². The Bertz CT molecular complexity index is 426. The number of sulfonamides is 1. The molecule has 0 radical (unpaired) electrons. The first-order valence-electron chi connectivity index (χ1n) is 6.64. The molecule has 1 fully saturated rings. The van der Waals surface area contributed by atoms with Crippen LogP contribution in [0.3, 0.4) is 0 Å². The highest BCUT2D eigenvalue weighted by molar-refractivity contribution is 7.88. The van der Waals surface area contributed by atoms with E-state index in [1.54, 1.807) is 12.0 Å². The van der Waals surface area contributed by atoms with Crippen molar-refractivity contribution in [2.24, 2.45) is 5.41 Å². The van der Waals surface area contributed by atoms with Gasteiger partial charge in [0.15, 0.2) is 0 Å². The van der Waals surface area contributed by atoms with Crippen molar-refractivity contribution in [2.75, 3.05) is 46.2 Å². The van der Waals surface area contributed by atoms with Crippen molar-refractivity contribution < 1.29 is 23.1 Å². The first kappa shape index (κ1) is 17.4. The molecule has 0 aliphatic carbocycles. The van der Waals surface area contributed by atoms with E-state index < -0.39 is 10.0 Å². The number of rotatable bonds is 7. The second-order valence-electron chi connectivity index (χ2n) is 5.41. The number of hydrogen-bond donors (Lipinski definition) is 2. The lowest BCUT2D eigenvalue weighted by Crippen LogP contribution is -2.50. The van der Waals surface area contributed by atoms with E-state index in [9.17, 15) is 18.3 Å². The molecule has 1 aliphatic rings. The molecule has 7 nitrogen and oxygen atoms in total. The number of methoxy groups -OCH3 is 1. The highest BCUT2D eigenvalue weighted by Gasteiger charge is 2.36. The smallest absolute Gasteiger partial charge is 0.237 e. The molecule has 1 aliphatic heterocycles. The number of carbonyl (C=O) groups excluding carboxylic acids is 1. The molecule has 8 heteroatoms. The van der Waals surface area contributed by atoms with E-state index >= 15 is 0 Å². The molecular formula is C12H24N2O5S. The lowest BCUT2D eigenvalue weighted by Gasteiger charge is -2.41. The molecule has 0 aromatic carbocycles. The van der Waals surface area contributed by atoms with Crippen LogP contribution < -0.4 is 4.72 Å². The van der Waals surface area contributed by atoms with E-state index in [0.29, 0.717) is 26.1 Å². The van der Waals surface area contributed by atoms with Gasteiger partial charge in [-0.25, -0.2) is 13.1 Å². The number of nitrogens with zero attached hydrogens (tertiary/aromatic N) is 1. The third kappa shape index (κ3) is 5.35. The lowest BCUT2D eigenvalue weighted by molar-refractivity contribution is -0.134. The van der Waals surface area contributed by atoms with Crippen LogP contribution in [0.4, 0.5) is 0 Å². The van der Waals surface area contributed by atoms with Crippen LogP contribution in [0.5, 0.6) is 0 Å². The summed E-state index contributed by atoms with van der Waals surface area (Å²) in [4.78, 5) is 13.6. The van der Waals surface area contributed by atoms with Gasteiger partial charge >= 0.3 is 0 Å². The van der Waals surface area contributed by atoms with Gasteiger partial charge in [-0.05, 0) is 19.3 Å². The fourth-order valence-electron chi connectivity index (χ4n) is 2.46. The summed E-state index contributed by atoms with van der Waals surface area (Å²) in [6.45, 7) is 1.34. The molecule has 2 N–H and O–H groups in total. The standard InChI is InChI=1S/C12H24N2O5S/c1-19-7-5-12(10-15)4-3-6-14(9-12)11(16)8-13-20(2,17)18/h13,15H,3-10H2,1-2H3/t12-/m0/s1. The van der Waals surface area contributed by atoms with Crippen molar-refractivity contribution in [3.05, 3.63) is 0 Å². The number of likely N-dealkylation sites (tertiary alicyclic amines) is 1. The Kier molecular flexibility index (Phi) is 6.38. The third-order valence-corrected chi connectivity index (χ3v) is 4.34.